The first-order valence-corrected chi connectivity index (χ1v) is 9.84. The van der Waals surface area contributed by atoms with Gasteiger partial charge in [-0.1, -0.05) is 6.07 Å². The van der Waals surface area contributed by atoms with Gasteiger partial charge in [-0.3, -0.25) is 9.48 Å². The molecule has 4 heterocycles. The lowest BCUT2D eigenvalue weighted by Gasteiger charge is -2.27. The molecule has 26 heavy (non-hydrogen) atoms. The van der Waals surface area contributed by atoms with Gasteiger partial charge in [0.15, 0.2) is 5.82 Å². The molecule has 8 heteroatoms. The minimum atomic E-state index is 0.0971. The third kappa shape index (κ3) is 2.65. The molecule has 1 saturated carbocycles. The van der Waals surface area contributed by atoms with Crippen LogP contribution >= 0.6 is 11.3 Å². The largest absolute Gasteiger partial charge is 0.333 e. The Kier molecular flexibility index (Phi) is 3.66. The highest BCUT2D eigenvalue weighted by Gasteiger charge is 2.30. The van der Waals surface area contributed by atoms with Crippen molar-refractivity contribution in [3.8, 4) is 11.5 Å². The molecule has 0 unspecified atom stereocenters. The topological polar surface area (TPSA) is 68.8 Å². The van der Waals surface area contributed by atoms with Gasteiger partial charge in [0.2, 0.25) is 0 Å². The number of rotatable bonds is 4. The summed E-state index contributed by atoms with van der Waals surface area (Å²) in [6.45, 7) is 2.24. The SMILES string of the molecule is Cn1nc(-c2nncn2CC2CC2)c2c1CCN(C(=O)c1cccs1)C2. The van der Waals surface area contributed by atoms with Crippen molar-refractivity contribution in [1.29, 1.82) is 0 Å². The van der Waals surface area contributed by atoms with E-state index in [1.807, 2.05) is 34.1 Å². The summed E-state index contributed by atoms with van der Waals surface area (Å²) in [6.07, 6.45) is 5.17. The standard InChI is InChI=1S/C18H20N6OS/c1-22-14-6-7-23(18(25)15-3-2-8-26-15)10-13(14)16(21-22)17-20-19-11-24(17)9-12-4-5-12/h2-3,8,11-12H,4-7,9-10H2,1H3. The fourth-order valence-electron chi connectivity index (χ4n) is 3.65. The monoisotopic (exact) mass is 368 g/mol. The van der Waals surface area contributed by atoms with Crippen molar-refractivity contribution < 1.29 is 4.79 Å². The second-order valence-corrected chi connectivity index (χ2v) is 8.05. The molecular formula is C18H20N6OS. The molecule has 0 bridgehead atoms. The third-order valence-electron chi connectivity index (χ3n) is 5.24. The number of nitrogens with zero attached hydrogens (tertiary/aromatic N) is 6. The van der Waals surface area contributed by atoms with E-state index < -0.39 is 0 Å². The molecule has 0 radical (unpaired) electrons. The van der Waals surface area contributed by atoms with Gasteiger partial charge in [-0.15, -0.1) is 21.5 Å². The van der Waals surface area contributed by atoms with Crippen LogP contribution in [-0.2, 0) is 26.6 Å². The van der Waals surface area contributed by atoms with Gasteiger partial charge < -0.3 is 9.47 Å². The predicted molar refractivity (Wildman–Crippen MR) is 97.7 cm³/mol. The summed E-state index contributed by atoms with van der Waals surface area (Å²) in [7, 11) is 1.97. The number of carbonyl (C=O) groups is 1. The van der Waals surface area contributed by atoms with E-state index in [1.165, 1.54) is 29.9 Å². The Morgan fingerprint density at radius 1 is 1.38 bits per heavy atom. The van der Waals surface area contributed by atoms with Crippen LogP contribution in [0, 0.1) is 5.92 Å². The maximum absolute atomic E-state index is 12.8. The van der Waals surface area contributed by atoms with Gasteiger partial charge in [0, 0.05) is 37.8 Å². The summed E-state index contributed by atoms with van der Waals surface area (Å²) in [5.74, 6) is 1.65. The number of amides is 1. The Bertz CT molecular complexity index is 953. The molecule has 5 rings (SSSR count). The van der Waals surface area contributed by atoms with Crippen LogP contribution in [0.4, 0.5) is 0 Å². The number of hydrogen-bond donors (Lipinski definition) is 0. The van der Waals surface area contributed by atoms with Crippen molar-refractivity contribution in [2.24, 2.45) is 13.0 Å². The summed E-state index contributed by atoms with van der Waals surface area (Å²) >= 11 is 1.49. The lowest BCUT2D eigenvalue weighted by molar-refractivity contribution is 0.0738. The molecule has 7 nitrogen and oxygen atoms in total. The van der Waals surface area contributed by atoms with E-state index in [2.05, 4.69) is 14.8 Å². The van der Waals surface area contributed by atoms with Crippen LogP contribution in [0.15, 0.2) is 23.8 Å². The molecule has 1 amide bonds. The molecular weight excluding hydrogens is 348 g/mol. The van der Waals surface area contributed by atoms with Gasteiger partial charge in [0.25, 0.3) is 5.91 Å². The molecule has 0 saturated heterocycles. The number of thiophene rings is 1. The van der Waals surface area contributed by atoms with E-state index in [9.17, 15) is 4.79 Å². The molecule has 134 valence electrons. The number of carbonyl (C=O) groups excluding carboxylic acids is 1. The molecule has 3 aromatic rings. The van der Waals surface area contributed by atoms with Crippen LogP contribution in [-0.4, -0.2) is 41.9 Å². The van der Waals surface area contributed by atoms with Crippen LogP contribution in [0.5, 0.6) is 0 Å². The first kappa shape index (κ1) is 15.7. The van der Waals surface area contributed by atoms with Gasteiger partial charge in [0.1, 0.15) is 12.0 Å². The maximum atomic E-state index is 12.8. The zero-order chi connectivity index (χ0) is 17.7. The third-order valence-corrected chi connectivity index (χ3v) is 6.10. The van der Waals surface area contributed by atoms with Gasteiger partial charge in [0.05, 0.1) is 11.4 Å². The van der Waals surface area contributed by atoms with Crippen molar-refractivity contribution in [1.82, 2.24) is 29.4 Å². The quantitative estimate of drug-likeness (QED) is 0.709. The maximum Gasteiger partial charge on any atom is 0.264 e. The molecule has 1 aliphatic carbocycles. The first-order valence-electron chi connectivity index (χ1n) is 8.96. The molecule has 0 spiro atoms. The molecule has 0 aromatic carbocycles. The molecule has 3 aromatic heterocycles. The molecule has 0 N–H and O–H groups in total. The van der Waals surface area contributed by atoms with E-state index in [-0.39, 0.29) is 5.91 Å². The number of aromatic nitrogens is 5. The summed E-state index contributed by atoms with van der Waals surface area (Å²) in [5, 5.41) is 15.1. The first-order chi connectivity index (χ1) is 12.7. The summed E-state index contributed by atoms with van der Waals surface area (Å²) in [4.78, 5) is 15.5. The number of hydrogen-bond acceptors (Lipinski definition) is 5. The highest BCUT2D eigenvalue weighted by molar-refractivity contribution is 7.12. The van der Waals surface area contributed by atoms with E-state index in [4.69, 9.17) is 5.10 Å². The van der Waals surface area contributed by atoms with E-state index >= 15 is 0 Å². The smallest absolute Gasteiger partial charge is 0.264 e. The van der Waals surface area contributed by atoms with Crippen molar-refractivity contribution >= 4 is 17.2 Å². The highest BCUT2D eigenvalue weighted by Crippen LogP contribution is 2.34. The van der Waals surface area contributed by atoms with Crippen LogP contribution in [0.2, 0.25) is 0 Å². The second-order valence-electron chi connectivity index (χ2n) is 7.10. The fraction of sp³-hybridized carbons (Fsp3) is 0.444. The summed E-state index contributed by atoms with van der Waals surface area (Å²) in [5.41, 5.74) is 3.16. The Morgan fingerprint density at radius 3 is 3.04 bits per heavy atom. The average Bonchev–Trinajstić information content (AvgIpc) is 3.04. The zero-order valence-corrected chi connectivity index (χ0v) is 15.4. The highest BCUT2D eigenvalue weighted by atomic mass is 32.1. The second kappa shape index (κ2) is 6.05. The Labute approximate surface area is 155 Å². The minimum Gasteiger partial charge on any atom is -0.333 e. The van der Waals surface area contributed by atoms with Crippen LogP contribution in [0.3, 0.4) is 0 Å². The van der Waals surface area contributed by atoms with E-state index in [0.717, 1.165) is 47.4 Å². The summed E-state index contributed by atoms with van der Waals surface area (Å²) < 4.78 is 4.05. The Morgan fingerprint density at radius 2 is 2.27 bits per heavy atom. The zero-order valence-electron chi connectivity index (χ0n) is 14.6. The van der Waals surface area contributed by atoms with Crippen LogP contribution < -0.4 is 0 Å². The lowest BCUT2D eigenvalue weighted by atomic mass is 10.0. The van der Waals surface area contributed by atoms with Crippen LogP contribution in [0.1, 0.15) is 33.8 Å². The minimum absolute atomic E-state index is 0.0971. The molecule has 1 fully saturated rings. The van der Waals surface area contributed by atoms with Gasteiger partial charge in [-0.2, -0.15) is 5.10 Å². The predicted octanol–water partition coefficient (Wildman–Crippen LogP) is 2.35. The molecule has 2 aliphatic rings. The Balaban J connectivity index is 1.49. The van der Waals surface area contributed by atoms with Gasteiger partial charge in [-0.25, -0.2) is 0 Å². The fourth-order valence-corrected chi connectivity index (χ4v) is 4.34. The van der Waals surface area contributed by atoms with Gasteiger partial charge >= 0.3 is 0 Å². The van der Waals surface area contributed by atoms with E-state index in [0.29, 0.717) is 6.54 Å². The normalized spacial score (nSPS) is 16.7. The lowest BCUT2D eigenvalue weighted by Crippen LogP contribution is -2.36. The van der Waals surface area contributed by atoms with Crippen molar-refractivity contribution in [3.63, 3.8) is 0 Å². The molecule has 1 aliphatic heterocycles. The summed E-state index contributed by atoms with van der Waals surface area (Å²) in [6, 6.07) is 3.81. The molecule has 0 atom stereocenters. The van der Waals surface area contributed by atoms with Crippen molar-refractivity contribution in [3.05, 3.63) is 40.0 Å². The van der Waals surface area contributed by atoms with Crippen LogP contribution in [0.25, 0.3) is 11.5 Å². The number of fused-ring (bicyclic) bond motifs is 1. The van der Waals surface area contributed by atoms with Crippen molar-refractivity contribution in [2.45, 2.75) is 32.4 Å². The van der Waals surface area contributed by atoms with E-state index in [1.54, 1.807) is 6.33 Å². The average molecular weight is 368 g/mol. The van der Waals surface area contributed by atoms with Crippen molar-refractivity contribution in [2.75, 3.05) is 6.54 Å². The number of aryl methyl sites for hydroxylation is 1. The van der Waals surface area contributed by atoms with Gasteiger partial charge in [-0.05, 0) is 30.2 Å². The Hall–Kier alpha value is -2.48.